The number of hydrogen-bond acceptors (Lipinski definition) is 2. The second kappa shape index (κ2) is 8.78. The molecule has 3 nitrogen and oxygen atoms in total. The van der Waals surface area contributed by atoms with Gasteiger partial charge in [-0.25, -0.2) is 0 Å². The first-order valence-electron chi connectivity index (χ1n) is 7.76. The molecule has 5 heteroatoms. The van der Waals surface area contributed by atoms with Crippen LogP contribution in [0.15, 0.2) is 30.5 Å². The third-order valence-electron chi connectivity index (χ3n) is 4.27. The van der Waals surface area contributed by atoms with Gasteiger partial charge in [-0.05, 0) is 24.0 Å². The van der Waals surface area contributed by atoms with Crippen LogP contribution in [0.5, 0.6) is 0 Å². The van der Waals surface area contributed by atoms with E-state index in [1.54, 1.807) is 0 Å². The second-order valence-corrected chi connectivity index (χ2v) is 6.22. The zero-order valence-corrected chi connectivity index (χ0v) is 15.0. The molecule has 0 amide bonds. The number of halogens is 2. The number of H-pyrrole nitrogens is 1. The maximum atomic E-state index is 3.46. The number of aromatic nitrogens is 1. The van der Waals surface area contributed by atoms with Gasteiger partial charge in [0.25, 0.3) is 0 Å². The van der Waals surface area contributed by atoms with E-state index in [1.807, 2.05) is 0 Å². The summed E-state index contributed by atoms with van der Waals surface area (Å²) in [6.45, 7) is 9.16. The lowest BCUT2D eigenvalue weighted by molar-refractivity contribution is 0.155. The van der Waals surface area contributed by atoms with Gasteiger partial charge in [-0.3, -0.25) is 4.90 Å². The van der Waals surface area contributed by atoms with Crippen LogP contribution >= 0.6 is 24.8 Å². The predicted molar refractivity (Wildman–Crippen MR) is 99.4 cm³/mol. The molecule has 124 valence electrons. The van der Waals surface area contributed by atoms with Gasteiger partial charge in [0.2, 0.25) is 0 Å². The Bertz CT molecular complexity index is 562. The Balaban J connectivity index is 0.00000121. The summed E-state index contributed by atoms with van der Waals surface area (Å²) in [7, 11) is 0. The molecule has 1 aromatic heterocycles. The Morgan fingerprint density at radius 3 is 2.45 bits per heavy atom. The Kier molecular flexibility index (Phi) is 7.70. The van der Waals surface area contributed by atoms with Crippen LogP contribution in [-0.4, -0.2) is 36.1 Å². The fraction of sp³-hybridized carbons (Fsp3) is 0.529. The van der Waals surface area contributed by atoms with Crippen molar-refractivity contribution in [1.29, 1.82) is 0 Å². The van der Waals surface area contributed by atoms with E-state index in [2.05, 4.69) is 59.5 Å². The van der Waals surface area contributed by atoms with Crippen LogP contribution in [0.2, 0.25) is 0 Å². The summed E-state index contributed by atoms with van der Waals surface area (Å²) in [5.74, 6) is 0.712. The molecule has 1 aromatic carbocycles. The number of nitrogens with one attached hydrogen (secondary N) is 2. The Labute approximate surface area is 145 Å². The number of aromatic amines is 1. The first kappa shape index (κ1) is 19.3. The van der Waals surface area contributed by atoms with Crippen molar-refractivity contribution < 1.29 is 0 Å². The lowest BCUT2D eigenvalue weighted by Gasteiger charge is -2.36. The van der Waals surface area contributed by atoms with Gasteiger partial charge in [0, 0.05) is 49.3 Å². The van der Waals surface area contributed by atoms with Gasteiger partial charge in [0.1, 0.15) is 0 Å². The summed E-state index contributed by atoms with van der Waals surface area (Å²) in [4.78, 5) is 6.08. The maximum absolute atomic E-state index is 3.46. The number of nitrogens with zero attached hydrogens (tertiary/aromatic N) is 1. The van der Waals surface area contributed by atoms with Crippen LogP contribution < -0.4 is 5.32 Å². The van der Waals surface area contributed by atoms with Gasteiger partial charge in [-0.1, -0.05) is 32.0 Å². The molecule has 0 bridgehead atoms. The van der Waals surface area contributed by atoms with Crippen LogP contribution in [0, 0.1) is 5.92 Å². The van der Waals surface area contributed by atoms with Gasteiger partial charge >= 0.3 is 0 Å². The van der Waals surface area contributed by atoms with Gasteiger partial charge in [-0.15, -0.1) is 24.8 Å². The van der Waals surface area contributed by atoms with Crippen molar-refractivity contribution in [3.8, 4) is 0 Å². The summed E-state index contributed by atoms with van der Waals surface area (Å²) in [6, 6.07) is 9.20. The van der Waals surface area contributed by atoms with Crippen molar-refractivity contribution in [3.05, 3.63) is 36.0 Å². The van der Waals surface area contributed by atoms with E-state index < -0.39 is 0 Å². The van der Waals surface area contributed by atoms with Crippen molar-refractivity contribution in [1.82, 2.24) is 15.2 Å². The van der Waals surface area contributed by atoms with Crippen molar-refractivity contribution in [3.63, 3.8) is 0 Å². The molecule has 2 aromatic rings. The smallest absolute Gasteiger partial charge is 0.0457 e. The summed E-state index contributed by atoms with van der Waals surface area (Å²) in [6.07, 6.45) is 3.45. The molecule has 0 unspecified atom stereocenters. The topological polar surface area (TPSA) is 31.1 Å². The average molecular weight is 344 g/mol. The number of hydrogen-bond donors (Lipinski definition) is 2. The molecule has 1 atom stereocenters. The van der Waals surface area contributed by atoms with Crippen molar-refractivity contribution in [2.24, 2.45) is 5.92 Å². The van der Waals surface area contributed by atoms with E-state index in [0.29, 0.717) is 12.0 Å². The minimum Gasteiger partial charge on any atom is -0.361 e. The molecule has 0 radical (unpaired) electrons. The predicted octanol–water partition coefficient (Wildman–Crippen LogP) is 4.00. The quantitative estimate of drug-likeness (QED) is 0.878. The molecular formula is C17H27Cl2N3. The number of benzene rings is 1. The van der Waals surface area contributed by atoms with E-state index >= 15 is 0 Å². The van der Waals surface area contributed by atoms with E-state index in [-0.39, 0.29) is 24.8 Å². The first-order valence-corrected chi connectivity index (χ1v) is 7.76. The molecule has 1 aliphatic rings. The highest BCUT2D eigenvalue weighted by Crippen LogP contribution is 2.33. The number of fused-ring (bicyclic) bond motifs is 1. The molecule has 2 N–H and O–H groups in total. The molecule has 1 fully saturated rings. The van der Waals surface area contributed by atoms with Gasteiger partial charge in [0.15, 0.2) is 0 Å². The highest BCUT2D eigenvalue weighted by Gasteiger charge is 2.25. The third-order valence-corrected chi connectivity index (χ3v) is 4.27. The second-order valence-electron chi connectivity index (χ2n) is 6.22. The van der Waals surface area contributed by atoms with Crippen LogP contribution in [0.4, 0.5) is 0 Å². The SMILES string of the molecule is CC(C)C[C@H](c1c[nH]c2ccccc12)N1CCNCC1.Cl.Cl. The van der Waals surface area contributed by atoms with Gasteiger partial charge in [0.05, 0.1) is 0 Å². The molecule has 3 rings (SSSR count). The minimum absolute atomic E-state index is 0. The van der Waals surface area contributed by atoms with Crippen molar-refractivity contribution in [2.75, 3.05) is 26.2 Å². The summed E-state index contributed by atoms with van der Waals surface area (Å²) < 4.78 is 0. The molecule has 0 spiro atoms. The lowest BCUT2D eigenvalue weighted by Crippen LogP contribution is -2.45. The molecule has 22 heavy (non-hydrogen) atoms. The molecule has 0 aliphatic carbocycles. The molecule has 1 aliphatic heterocycles. The molecule has 2 heterocycles. The van der Waals surface area contributed by atoms with Gasteiger partial charge in [-0.2, -0.15) is 0 Å². The molecule has 0 saturated carbocycles. The van der Waals surface area contributed by atoms with Crippen LogP contribution in [-0.2, 0) is 0 Å². The summed E-state index contributed by atoms with van der Waals surface area (Å²) in [5, 5.41) is 4.84. The van der Waals surface area contributed by atoms with E-state index in [9.17, 15) is 0 Å². The number of rotatable bonds is 4. The van der Waals surface area contributed by atoms with E-state index in [4.69, 9.17) is 0 Å². The zero-order chi connectivity index (χ0) is 13.9. The summed E-state index contributed by atoms with van der Waals surface area (Å²) in [5.41, 5.74) is 2.72. The Morgan fingerprint density at radius 1 is 1.09 bits per heavy atom. The zero-order valence-electron chi connectivity index (χ0n) is 13.3. The van der Waals surface area contributed by atoms with Crippen molar-refractivity contribution in [2.45, 2.75) is 26.3 Å². The maximum Gasteiger partial charge on any atom is 0.0457 e. The normalized spacial score (nSPS) is 17.0. The monoisotopic (exact) mass is 343 g/mol. The number of para-hydroxylation sites is 1. The van der Waals surface area contributed by atoms with E-state index in [0.717, 1.165) is 26.2 Å². The van der Waals surface area contributed by atoms with Crippen molar-refractivity contribution >= 4 is 35.7 Å². The minimum atomic E-state index is 0. The fourth-order valence-corrected chi connectivity index (χ4v) is 3.28. The fourth-order valence-electron chi connectivity index (χ4n) is 3.28. The molecule has 1 saturated heterocycles. The van der Waals surface area contributed by atoms with Crippen LogP contribution in [0.1, 0.15) is 31.9 Å². The van der Waals surface area contributed by atoms with Crippen LogP contribution in [0.3, 0.4) is 0 Å². The van der Waals surface area contributed by atoms with E-state index in [1.165, 1.54) is 22.9 Å². The Morgan fingerprint density at radius 2 is 1.77 bits per heavy atom. The largest absolute Gasteiger partial charge is 0.361 e. The van der Waals surface area contributed by atoms with Crippen LogP contribution in [0.25, 0.3) is 10.9 Å². The highest BCUT2D eigenvalue weighted by molar-refractivity contribution is 5.85. The molecular weight excluding hydrogens is 317 g/mol. The first-order chi connectivity index (χ1) is 9.75. The average Bonchev–Trinajstić information content (AvgIpc) is 2.89. The van der Waals surface area contributed by atoms with Gasteiger partial charge < -0.3 is 10.3 Å². The lowest BCUT2D eigenvalue weighted by atomic mass is 9.94. The standard InChI is InChI=1S/C17H25N3.2ClH/c1-13(2)11-17(20-9-7-18-8-10-20)15-12-19-16-6-4-3-5-14(15)16;;/h3-6,12-13,17-19H,7-11H2,1-2H3;2*1H/t17-;;/m1../s1. The third kappa shape index (κ3) is 4.17. The Hall–Kier alpha value is -0.740. The highest BCUT2D eigenvalue weighted by atomic mass is 35.5. The number of piperazine rings is 1. The summed E-state index contributed by atoms with van der Waals surface area (Å²) >= 11 is 0.